The predicted molar refractivity (Wildman–Crippen MR) is 69.2 cm³/mol. The number of nitrogen functional groups attached to an aromatic ring is 1. The van der Waals surface area contributed by atoms with Crippen molar-refractivity contribution in [3.63, 3.8) is 0 Å². The first-order valence-corrected chi connectivity index (χ1v) is 6.15. The monoisotopic (exact) mass is 367 g/mol. The minimum atomic E-state index is -1.68. The topological polar surface area (TPSA) is 92.8 Å². The maximum absolute atomic E-state index is 11.1. The SMILES string of the molecule is COC(=O)C(O)C(O)c1cc(Br)cc(Br)c1N. The van der Waals surface area contributed by atoms with Crippen molar-refractivity contribution in [3.8, 4) is 0 Å². The molecule has 7 heteroatoms. The average molecular weight is 369 g/mol. The van der Waals surface area contributed by atoms with E-state index in [1.165, 1.54) is 6.07 Å². The highest BCUT2D eigenvalue weighted by Gasteiger charge is 2.28. The highest BCUT2D eigenvalue weighted by Crippen LogP contribution is 2.33. The Hall–Kier alpha value is -0.630. The first-order chi connectivity index (χ1) is 7.88. The Kier molecular flexibility index (Phi) is 4.93. The summed E-state index contributed by atoms with van der Waals surface area (Å²) in [6.45, 7) is 0. The normalized spacial score (nSPS) is 14.2. The molecule has 0 heterocycles. The number of halogens is 2. The largest absolute Gasteiger partial charge is 0.467 e. The third-order valence-electron chi connectivity index (χ3n) is 2.19. The van der Waals surface area contributed by atoms with Crippen LogP contribution in [-0.4, -0.2) is 29.4 Å². The van der Waals surface area contributed by atoms with Gasteiger partial charge < -0.3 is 20.7 Å². The van der Waals surface area contributed by atoms with Gasteiger partial charge in [-0.25, -0.2) is 4.79 Å². The molecule has 0 amide bonds. The predicted octanol–water partition coefficient (Wildman–Crippen LogP) is 1.36. The smallest absolute Gasteiger partial charge is 0.337 e. The Labute approximate surface area is 115 Å². The first-order valence-electron chi connectivity index (χ1n) is 4.56. The van der Waals surface area contributed by atoms with Crippen LogP contribution >= 0.6 is 31.9 Å². The molecule has 4 N–H and O–H groups in total. The summed E-state index contributed by atoms with van der Waals surface area (Å²) < 4.78 is 5.55. The Morgan fingerprint density at radius 2 is 2.00 bits per heavy atom. The van der Waals surface area contributed by atoms with Crippen molar-refractivity contribution in [2.24, 2.45) is 0 Å². The van der Waals surface area contributed by atoms with Crippen molar-refractivity contribution in [1.29, 1.82) is 0 Å². The number of carbonyl (C=O) groups excluding carboxylic acids is 1. The maximum Gasteiger partial charge on any atom is 0.337 e. The summed E-state index contributed by atoms with van der Waals surface area (Å²) in [5.41, 5.74) is 6.23. The lowest BCUT2D eigenvalue weighted by Gasteiger charge is -2.18. The van der Waals surface area contributed by atoms with Crippen molar-refractivity contribution in [3.05, 3.63) is 26.6 Å². The zero-order chi connectivity index (χ0) is 13.2. The molecule has 0 aliphatic carbocycles. The molecule has 0 aliphatic rings. The standard InChI is InChI=1S/C10H11Br2NO4/c1-17-10(16)9(15)8(14)5-2-4(11)3-6(12)7(5)13/h2-3,8-9,14-15H,13H2,1H3. The molecular formula is C10H11Br2NO4. The molecule has 2 atom stereocenters. The molecule has 94 valence electrons. The summed E-state index contributed by atoms with van der Waals surface area (Å²) >= 11 is 6.43. The number of esters is 1. The van der Waals surface area contributed by atoms with E-state index in [0.717, 1.165) is 7.11 Å². The Bertz CT molecular complexity index is 439. The van der Waals surface area contributed by atoms with Gasteiger partial charge in [-0.15, -0.1) is 0 Å². The van der Waals surface area contributed by atoms with Crippen LogP contribution in [0.1, 0.15) is 11.7 Å². The molecule has 0 bridgehead atoms. The number of benzene rings is 1. The van der Waals surface area contributed by atoms with Crippen molar-refractivity contribution in [2.75, 3.05) is 12.8 Å². The average Bonchev–Trinajstić information content (AvgIpc) is 2.30. The number of ether oxygens (including phenoxy) is 1. The van der Waals surface area contributed by atoms with Gasteiger partial charge in [0.25, 0.3) is 0 Å². The summed E-state index contributed by atoms with van der Waals surface area (Å²) in [5.74, 6) is -0.923. The minimum Gasteiger partial charge on any atom is -0.467 e. The van der Waals surface area contributed by atoms with Gasteiger partial charge in [0.1, 0.15) is 6.10 Å². The molecule has 0 aliphatic heterocycles. The third-order valence-corrected chi connectivity index (χ3v) is 3.30. The highest BCUT2D eigenvalue weighted by atomic mass is 79.9. The molecule has 0 fully saturated rings. The van der Waals surface area contributed by atoms with Crippen LogP contribution in [0.5, 0.6) is 0 Å². The van der Waals surface area contributed by atoms with Crippen LogP contribution in [-0.2, 0) is 9.53 Å². The number of hydrogen-bond acceptors (Lipinski definition) is 5. The van der Waals surface area contributed by atoms with Crippen molar-refractivity contribution in [1.82, 2.24) is 0 Å². The van der Waals surface area contributed by atoms with E-state index in [0.29, 0.717) is 8.95 Å². The van der Waals surface area contributed by atoms with E-state index >= 15 is 0 Å². The van der Waals surface area contributed by atoms with Crippen molar-refractivity contribution >= 4 is 43.5 Å². The van der Waals surface area contributed by atoms with Crippen LogP contribution in [0.15, 0.2) is 21.1 Å². The zero-order valence-corrected chi connectivity index (χ0v) is 12.0. The number of rotatable bonds is 3. The Morgan fingerprint density at radius 3 is 2.53 bits per heavy atom. The second-order valence-corrected chi connectivity index (χ2v) is 5.07. The van der Waals surface area contributed by atoms with Crippen LogP contribution in [0.3, 0.4) is 0 Å². The number of aliphatic hydroxyl groups is 2. The first kappa shape index (κ1) is 14.4. The van der Waals surface area contributed by atoms with Crippen LogP contribution in [0.2, 0.25) is 0 Å². The number of nitrogens with two attached hydrogens (primary N) is 1. The van der Waals surface area contributed by atoms with E-state index in [2.05, 4.69) is 36.6 Å². The fourth-order valence-electron chi connectivity index (χ4n) is 1.27. The lowest BCUT2D eigenvalue weighted by Crippen LogP contribution is -2.29. The quantitative estimate of drug-likeness (QED) is 0.553. The van der Waals surface area contributed by atoms with Crippen LogP contribution in [0, 0.1) is 0 Å². The fraction of sp³-hybridized carbons (Fsp3) is 0.300. The van der Waals surface area contributed by atoms with Gasteiger partial charge in [0.05, 0.1) is 12.8 Å². The zero-order valence-electron chi connectivity index (χ0n) is 8.85. The van der Waals surface area contributed by atoms with E-state index < -0.39 is 18.2 Å². The van der Waals surface area contributed by atoms with Gasteiger partial charge in [0.15, 0.2) is 6.10 Å². The molecule has 1 rings (SSSR count). The van der Waals surface area contributed by atoms with Gasteiger partial charge in [-0.3, -0.25) is 0 Å². The molecule has 0 saturated heterocycles. The second-order valence-electron chi connectivity index (χ2n) is 3.30. The van der Waals surface area contributed by atoms with Crippen LogP contribution < -0.4 is 5.73 Å². The van der Waals surface area contributed by atoms with Crippen molar-refractivity contribution in [2.45, 2.75) is 12.2 Å². The number of aliphatic hydroxyl groups excluding tert-OH is 2. The molecule has 5 nitrogen and oxygen atoms in total. The minimum absolute atomic E-state index is 0.240. The van der Waals surface area contributed by atoms with E-state index in [1.54, 1.807) is 6.07 Å². The highest BCUT2D eigenvalue weighted by molar-refractivity contribution is 9.11. The Balaban J connectivity index is 3.12. The van der Waals surface area contributed by atoms with E-state index in [9.17, 15) is 15.0 Å². The van der Waals surface area contributed by atoms with Gasteiger partial charge in [-0.1, -0.05) is 15.9 Å². The van der Waals surface area contributed by atoms with Gasteiger partial charge in [0, 0.05) is 14.5 Å². The molecule has 0 spiro atoms. The van der Waals surface area contributed by atoms with Gasteiger partial charge >= 0.3 is 5.97 Å². The lowest BCUT2D eigenvalue weighted by molar-refractivity contribution is -0.156. The molecule has 2 unspecified atom stereocenters. The van der Waals surface area contributed by atoms with E-state index in [-0.39, 0.29) is 11.3 Å². The van der Waals surface area contributed by atoms with Crippen molar-refractivity contribution < 1.29 is 19.7 Å². The molecule has 0 aromatic heterocycles. The second kappa shape index (κ2) is 5.81. The lowest BCUT2D eigenvalue weighted by atomic mass is 10.0. The Morgan fingerprint density at radius 1 is 1.41 bits per heavy atom. The van der Waals surface area contributed by atoms with Gasteiger partial charge in [-0.05, 0) is 28.1 Å². The fourth-order valence-corrected chi connectivity index (χ4v) is 2.53. The van der Waals surface area contributed by atoms with Crippen LogP contribution in [0.4, 0.5) is 5.69 Å². The summed E-state index contributed by atoms with van der Waals surface area (Å²) in [6.07, 6.45) is -3.13. The van der Waals surface area contributed by atoms with Gasteiger partial charge in [-0.2, -0.15) is 0 Å². The number of anilines is 1. The van der Waals surface area contributed by atoms with Gasteiger partial charge in [0.2, 0.25) is 0 Å². The van der Waals surface area contributed by atoms with Crippen LogP contribution in [0.25, 0.3) is 0 Å². The summed E-state index contributed by atoms with van der Waals surface area (Å²) in [5, 5.41) is 19.4. The summed E-state index contributed by atoms with van der Waals surface area (Å²) in [6, 6.07) is 3.22. The third kappa shape index (κ3) is 3.19. The number of hydrogen-bond donors (Lipinski definition) is 3. The summed E-state index contributed by atoms with van der Waals surface area (Å²) in [4.78, 5) is 11.1. The number of methoxy groups -OCH3 is 1. The summed E-state index contributed by atoms with van der Waals surface area (Å²) in [7, 11) is 1.12. The van der Waals surface area contributed by atoms with E-state index in [4.69, 9.17) is 5.73 Å². The molecular weight excluding hydrogens is 358 g/mol. The molecule has 1 aromatic rings. The maximum atomic E-state index is 11.1. The molecule has 1 aromatic carbocycles. The number of carbonyl (C=O) groups is 1. The molecule has 0 radical (unpaired) electrons. The molecule has 17 heavy (non-hydrogen) atoms. The molecule has 0 saturated carbocycles. The van der Waals surface area contributed by atoms with E-state index in [1.807, 2.05) is 0 Å².